The van der Waals surface area contributed by atoms with Crippen molar-refractivity contribution in [1.29, 1.82) is 0 Å². The Morgan fingerprint density at radius 3 is 2.92 bits per heavy atom. The van der Waals surface area contributed by atoms with Gasteiger partial charge in [-0.1, -0.05) is 12.1 Å². The molecule has 0 spiro atoms. The van der Waals surface area contributed by atoms with E-state index in [1.165, 1.54) is 11.3 Å². The summed E-state index contributed by atoms with van der Waals surface area (Å²) in [5.74, 6) is 2.03. The number of nitrogens with zero attached hydrogens (tertiary/aromatic N) is 4. The third-order valence-corrected chi connectivity index (χ3v) is 5.11. The standard InChI is InChI=1S/C18H16N6OS/c1-18(2)14-11(7-25-18)15(22-17(20-14)13-8-26-9-19-13)21-16-10-5-3-4-6-12(10)23-24-16/h3-6,8-9H,7H2,1-2H3,(H2,20,21,22,23,24). The lowest BCUT2D eigenvalue weighted by Gasteiger charge is -2.17. The number of fused-ring (bicyclic) bond motifs is 2. The molecule has 8 heteroatoms. The first-order chi connectivity index (χ1) is 12.6. The van der Waals surface area contributed by atoms with Gasteiger partial charge in [-0.2, -0.15) is 5.10 Å². The first-order valence-electron chi connectivity index (χ1n) is 8.26. The molecule has 2 N–H and O–H groups in total. The number of nitrogens with one attached hydrogen (secondary N) is 2. The molecule has 7 nitrogen and oxygen atoms in total. The Kier molecular flexibility index (Phi) is 3.31. The third kappa shape index (κ3) is 2.38. The van der Waals surface area contributed by atoms with E-state index < -0.39 is 5.60 Å². The molecule has 1 aromatic carbocycles. The van der Waals surface area contributed by atoms with Crippen molar-refractivity contribution in [1.82, 2.24) is 25.1 Å². The van der Waals surface area contributed by atoms with Crippen LogP contribution in [0.1, 0.15) is 25.1 Å². The number of thiazole rings is 1. The van der Waals surface area contributed by atoms with Gasteiger partial charge in [0.1, 0.15) is 17.1 Å². The molecule has 0 unspecified atom stereocenters. The highest BCUT2D eigenvalue weighted by Crippen LogP contribution is 2.39. The largest absolute Gasteiger partial charge is 0.364 e. The van der Waals surface area contributed by atoms with E-state index >= 15 is 0 Å². The molecule has 26 heavy (non-hydrogen) atoms. The number of rotatable bonds is 3. The van der Waals surface area contributed by atoms with Crippen molar-refractivity contribution in [3.63, 3.8) is 0 Å². The number of H-pyrrole nitrogens is 1. The Morgan fingerprint density at radius 1 is 1.19 bits per heavy atom. The summed E-state index contributed by atoms with van der Waals surface area (Å²) in [5, 5.41) is 13.8. The minimum absolute atomic E-state index is 0.463. The van der Waals surface area contributed by atoms with Gasteiger partial charge >= 0.3 is 0 Å². The molecule has 4 heterocycles. The van der Waals surface area contributed by atoms with Crippen LogP contribution >= 0.6 is 11.3 Å². The monoisotopic (exact) mass is 364 g/mol. The van der Waals surface area contributed by atoms with E-state index in [4.69, 9.17) is 14.7 Å². The average molecular weight is 364 g/mol. The van der Waals surface area contributed by atoms with Crippen molar-refractivity contribution in [3.8, 4) is 11.5 Å². The molecule has 0 amide bonds. The normalized spacial score (nSPS) is 15.3. The highest BCUT2D eigenvalue weighted by Gasteiger charge is 2.36. The second-order valence-corrected chi connectivity index (χ2v) is 7.36. The van der Waals surface area contributed by atoms with Crippen molar-refractivity contribution in [2.75, 3.05) is 5.32 Å². The van der Waals surface area contributed by atoms with Crippen molar-refractivity contribution < 1.29 is 4.74 Å². The van der Waals surface area contributed by atoms with E-state index in [9.17, 15) is 0 Å². The lowest BCUT2D eigenvalue weighted by molar-refractivity contribution is -0.00995. The van der Waals surface area contributed by atoms with Crippen molar-refractivity contribution in [2.45, 2.75) is 26.1 Å². The fourth-order valence-electron chi connectivity index (χ4n) is 3.15. The summed E-state index contributed by atoms with van der Waals surface area (Å²) in [4.78, 5) is 13.8. The molecule has 130 valence electrons. The number of hydrogen-bond acceptors (Lipinski definition) is 7. The van der Waals surface area contributed by atoms with Crippen LogP contribution in [0.3, 0.4) is 0 Å². The maximum atomic E-state index is 5.94. The highest BCUT2D eigenvalue weighted by molar-refractivity contribution is 7.07. The smallest absolute Gasteiger partial charge is 0.181 e. The Labute approximate surface area is 153 Å². The van der Waals surface area contributed by atoms with Crippen LogP contribution in [-0.4, -0.2) is 25.1 Å². The SMILES string of the molecule is CC1(C)OCc2c(Nc3n[nH]c4ccccc34)nc(-c3cscn3)nc21. The van der Waals surface area contributed by atoms with Gasteiger partial charge in [-0.3, -0.25) is 5.10 Å². The molecule has 0 aliphatic carbocycles. The molecule has 1 aliphatic heterocycles. The molecule has 0 saturated carbocycles. The summed E-state index contributed by atoms with van der Waals surface area (Å²) in [6.07, 6.45) is 0. The summed E-state index contributed by atoms with van der Waals surface area (Å²) in [6.45, 7) is 4.50. The first kappa shape index (κ1) is 15.4. The molecule has 0 fully saturated rings. The van der Waals surface area contributed by atoms with Crippen LogP contribution in [0.2, 0.25) is 0 Å². The van der Waals surface area contributed by atoms with Crippen molar-refractivity contribution in [2.24, 2.45) is 0 Å². The van der Waals surface area contributed by atoms with Crippen LogP contribution in [-0.2, 0) is 16.9 Å². The van der Waals surface area contributed by atoms with E-state index in [0.717, 1.165) is 33.7 Å². The van der Waals surface area contributed by atoms with Gasteiger partial charge < -0.3 is 10.1 Å². The Balaban J connectivity index is 1.66. The van der Waals surface area contributed by atoms with Crippen LogP contribution in [0.15, 0.2) is 35.2 Å². The molecular weight excluding hydrogens is 348 g/mol. The zero-order valence-electron chi connectivity index (χ0n) is 14.3. The minimum atomic E-state index is -0.465. The van der Waals surface area contributed by atoms with Gasteiger partial charge in [0.2, 0.25) is 0 Å². The van der Waals surface area contributed by atoms with Gasteiger partial charge in [0.05, 0.1) is 23.3 Å². The number of benzene rings is 1. The van der Waals surface area contributed by atoms with Gasteiger partial charge in [0.25, 0.3) is 0 Å². The first-order valence-corrected chi connectivity index (χ1v) is 9.20. The lowest BCUT2D eigenvalue weighted by Crippen LogP contribution is -2.17. The predicted molar refractivity (Wildman–Crippen MR) is 100 cm³/mol. The summed E-state index contributed by atoms with van der Waals surface area (Å²) in [6, 6.07) is 7.97. The quantitative estimate of drug-likeness (QED) is 0.571. The van der Waals surface area contributed by atoms with Gasteiger partial charge in [0, 0.05) is 16.3 Å². The van der Waals surface area contributed by atoms with Crippen LogP contribution < -0.4 is 5.32 Å². The number of para-hydroxylation sites is 1. The molecule has 0 saturated heterocycles. The molecule has 3 aromatic heterocycles. The molecule has 0 bridgehead atoms. The molecular formula is C18H16N6OS. The van der Waals surface area contributed by atoms with Crippen LogP contribution in [0.25, 0.3) is 22.4 Å². The molecule has 0 radical (unpaired) electrons. The van der Waals surface area contributed by atoms with Gasteiger partial charge in [-0.05, 0) is 26.0 Å². The summed E-state index contributed by atoms with van der Waals surface area (Å²) < 4.78 is 5.94. The Bertz CT molecular complexity index is 1100. The van der Waals surface area contributed by atoms with Crippen molar-refractivity contribution in [3.05, 3.63) is 46.4 Å². The maximum Gasteiger partial charge on any atom is 0.181 e. The maximum absolute atomic E-state index is 5.94. The van der Waals surface area contributed by atoms with Gasteiger partial charge in [-0.25, -0.2) is 15.0 Å². The number of aromatic amines is 1. The Morgan fingerprint density at radius 2 is 2.08 bits per heavy atom. The van der Waals surface area contributed by atoms with Gasteiger partial charge in [-0.15, -0.1) is 11.3 Å². The minimum Gasteiger partial charge on any atom is -0.364 e. The zero-order chi connectivity index (χ0) is 17.7. The van der Waals surface area contributed by atoms with Crippen LogP contribution in [0, 0.1) is 0 Å². The van der Waals surface area contributed by atoms with E-state index in [0.29, 0.717) is 18.2 Å². The number of hydrogen-bond donors (Lipinski definition) is 2. The number of anilines is 2. The average Bonchev–Trinajstić information content (AvgIpc) is 3.36. The fourth-order valence-corrected chi connectivity index (χ4v) is 3.68. The van der Waals surface area contributed by atoms with E-state index in [1.807, 2.05) is 43.5 Å². The molecule has 4 aromatic rings. The topological polar surface area (TPSA) is 88.6 Å². The van der Waals surface area contributed by atoms with E-state index in [1.54, 1.807) is 5.51 Å². The fraction of sp³-hybridized carbons (Fsp3) is 0.222. The van der Waals surface area contributed by atoms with E-state index in [2.05, 4.69) is 20.5 Å². The molecule has 5 rings (SSSR count). The molecule has 1 aliphatic rings. The lowest BCUT2D eigenvalue weighted by atomic mass is 10.0. The molecule has 0 atom stereocenters. The van der Waals surface area contributed by atoms with Crippen LogP contribution in [0.5, 0.6) is 0 Å². The predicted octanol–water partition coefficient (Wildman–Crippen LogP) is 3.99. The summed E-state index contributed by atoms with van der Waals surface area (Å²) in [5.41, 5.74) is 4.89. The van der Waals surface area contributed by atoms with E-state index in [-0.39, 0.29) is 0 Å². The zero-order valence-corrected chi connectivity index (χ0v) is 15.1. The number of ether oxygens (including phenoxy) is 1. The summed E-state index contributed by atoms with van der Waals surface area (Å²) in [7, 11) is 0. The van der Waals surface area contributed by atoms with Crippen molar-refractivity contribution >= 4 is 33.9 Å². The Hall–Kier alpha value is -2.84. The second-order valence-electron chi connectivity index (χ2n) is 6.64. The number of aromatic nitrogens is 5. The highest BCUT2D eigenvalue weighted by atomic mass is 32.1. The third-order valence-electron chi connectivity index (χ3n) is 4.52. The van der Waals surface area contributed by atoms with Gasteiger partial charge in [0.15, 0.2) is 11.6 Å². The van der Waals surface area contributed by atoms with Crippen LogP contribution in [0.4, 0.5) is 11.6 Å². The summed E-state index contributed by atoms with van der Waals surface area (Å²) >= 11 is 1.52. The second kappa shape index (κ2) is 5.58.